The summed E-state index contributed by atoms with van der Waals surface area (Å²) in [5, 5.41) is 27.9. The third-order valence-corrected chi connectivity index (χ3v) is 2.45. The van der Waals surface area contributed by atoms with E-state index in [0.29, 0.717) is 18.4 Å². The second-order valence-electron chi connectivity index (χ2n) is 3.24. The Labute approximate surface area is 74.3 Å². The fourth-order valence-corrected chi connectivity index (χ4v) is 1.73. The second-order valence-corrected chi connectivity index (χ2v) is 3.24. The largest absolute Gasteiger partial charge is 0.428 e. The Balaban J connectivity index is 2.38. The van der Waals surface area contributed by atoms with Crippen molar-refractivity contribution in [1.29, 1.82) is 0 Å². The van der Waals surface area contributed by atoms with E-state index in [1.165, 1.54) is 0 Å². The highest BCUT2D eigenvalue weighted by Crippen LogP contribution is 2.33. The number of carbonyl (C=O) groups is 1. The van der Waals surface area contributed by atoms with Crippen LogP contribution in [0.3, 0.4) is 0 Å². The van der Waals surface area contributed by atoms with E-state index in [1.54, 1.807) is 0 Å². The zero-order valence-corrected chi connectivity index (χ0v) is 6.80. The van der Waals surface area contributed by atoms with E-state index >= 15 is 0 Å². The molecule has 3 unspecified atom stereocenters. The summed E-state index contributed by atoms with van der Waals surface area (Å²) in [6, 6.07) is 0. The number of hydrogen-bond donors (Lipinski definition) is 3. The lowest BCUT2D eigenvalue weighted by atomic mass is 9.88. The molecule has 13 heavy (non-hydrogen) atoms. The Bertz CT molecular complexity index is 282. The lowest BCUT2D eigenvalue weighted by Gasteiger charge is -2.24. The number of esters is 1. The van der Waals surface area contributed by atoms with E-state index in [4.69, 9.17) is 0 Å². The lowest BCUT2D eigenvalue weighted by Crippen LogP contribution is -2.35. The van der Waals surface area contributed by atoms with Gasteiger partial charge >= 0.3 is 5.97 Å². The predicted molar refractivity (Wildman–Crippen MR) is 40.4 cm³/mol. The van der Waals surface area contributed by atoms with E-state index in [9.17, 15) is 20.1 Å². The van der Waals surface area contributed by atoms with E-state index in [2.05, 4.69) is 4.74 Å². The van der Waals surface area contributed by atoms with Crippen LogP contribution in [-0.2, 0) is 9.53 Å². The van der Waals surface area contributed by atoms with Crippen LogP contribution in [0.15, 0.2) is 11.1 Å². The Hall–Kier alpha value is -0.910. The van der Waals surface area contributed by atoms with Crippen LogP contribution in [0.5, 0.6) is 0 Å². The summed E-state index contributed by atoms with van der Waals surface area (Å²) in [4.78, 5) is 11.0. The highest BCUT2D eigenvalue weighted by atomic mass is 16.6. The first-order valence-electron chi connectivity index (χ1n) is 4.09. The van der Waals surface area contributed by atoms with Gasteiger partial charge in [0.25, 0.3) is 0 Å². The van der Waals surface area contributed by atoms with Gasteiger partial charge in [-0.3, -0.25) is 0 Å². The number of carbonyl (C=O) groups excluding carboxylic acids is 1. The average molecular weight is 186 g/mol. The minimum Gasteiger partial charge on any atom is -0.428 e. The van der Waals surface area contributed by atoms with Crippen molar-refractivity contribution in [2.75, 3.05) is 0 Å². The maximum Gasteiger partial charge on any atom is 0.336 e. The number of hydrogen-bond acceptors (Lipinski definition) is 5. The van der Waals surface area contributed by atoms with Crippen molar-refractivity contribution >= 4 is 5.97 Å². The first-order chi connectivity index (χ1) is 6.11. The van der Waals surface area contributed by atoms with E-state index < -0.39 is 24.5 Å². The molecule has 5 heteroatoms. The summed E-state index contributed by atoms with van der Waals surface area (Å²) >= 11 is 0. The van der Waals surface area contributed by atoms with Crippen LogP contribution in [0.1, 0.15) is 12.8 Å². The molecular formula is C8H10O5. The average Bonchev–Trinajstić information content (AvgIpc) is 2.35. The molecule has 2 rings (SSSR count). The van der Waals surface area contributed by atoms with Gasteiger partial charge in [0.15, 0.2) is 0 Å². The van der Waals surface area contributed by atoms with Crippen LogP contribution in [0.2, 0.25) is 0 Å². The van der Waals surface area contributed by atoms with Gasteiger partial charge in [0.2, 0.25) is 6.29 Å². The number of ether oxygens (including phenoxy) is 1. The molecule has 3 atom stereocenters. The normalized spacial score (nSPS) is 39.0. The molecule has 0 bridgehead atoms. The van der Waals surface area contributed by atoms with Gasteiger partial charge in [-0.05, 0) is 12.8 Å². The van der Waals surface area contributed by atoms with Crippen LogP contribution in [0.4, 0.5) is 0 Å². The molecule has 72 valence electrons. The monoisotopic (exact) mass is 186 g/mol. The summed E-state index contributed by atoms with van der Waals surface area (Å²) < 4.78 is 4.50. The molecule has 0 aromatic carbocycles. The van der Waals surface area contributed by atoms with E-state index in [-0.39, 0.29) is 5.57 Å². The number of aliphatic hydroxyl groups is 3. The molecule has 1 aliphatic heterocycles. The van der Waals surface area contributed by atoms with Gasteiger partial charge in [-0.1, -0.05) is 0 Å². The van der Waals surface area contributed by atoms with Crippen LogP contribution >= 0.6 is 0 Å². The third kappa shape index (κ3) is 1.16. The van der Waals surface area contributed by atoms with Crippen molar-refractivity contribution in [3.05, 3.63) is 11.1 Å². The summed E-state index contributed by atoms with van der Waals surface area (Å²) in [6.45, 7) is 0. The van der Waals surface area contributed by atoms with Crippen LogP contribution in [0.25, 0.3) is 0 Å². The van der Waals surface area contributed by atoms with E-state index in [0.717, 1.165) is 0 Å². The maximum atomic E-state index is 11.0. The molecule has 0 aromatic heterocycles. The quantitative estimate of drug-likeness (QED) is 0.408. The topological polar surface area (TPSA) is 87.0 Å². The molecule has 5 nitrogen and oxygen atoms in total. The first-order valence-corrected chi connectivity index (χ1v) is 4.09. The number of rotatable bonds is 0. The lowest BCUT2D eigenvalue weighted by molar-refractivity contribution is -0.152. The molecule has 0 saturated heterocycles. The molecule has 3 N–H and O–H groups in total. The van der Waals surface area contributed by atoms with Gasteiger partial charge < -0.3 is 20.1 Å². The predicted octanol–water partition coefficient (Wildman–Crippen LogP) is -1.33. The summed E-state index contributed by atoms with van der Waals surface area (Å²) in [5.41, 5.74) is 0.439. The molecule has 0 fully saturated rings. The third-order valence-electron chi connectivity index (χ3n) is 2.45. The van der Waals surface area contributed by atoms with Crippen LogP contribution in [-0.4, -0.2) is 39.8 Å². The standard InChI is InChI=1S/C8H10O5/c9-4-2-1-3-5(6(4)10)8(12)13-7(3)11/h4,6,8-10,12H,1-2H2. The summed E-state index contributed by atoms with van der Waals surface area (Å²) in [7, 11) is 0. The number of cyclic esters (lactones) is 1. The molecular weight excluding hydrogens is 176 g/mol. The highest BCUT2D eigenvalue weighted by molar-refractivity contribution is 5.92. The Morgan fingerprint density at radius 3 is 2.69 bits per heavy atom. The van der Waals surface area contributed by atoms with Crippen LogP contribution < -0.4 is 0 Å². The summed E-state index contributed by atoms with van der Waals surface area (Å²) in [6.07, 6.45) is -2.80. The molecule has 2 aliphatic rings. The fraction of sp³-hybridized carbons (Fsp3) is 0.625. The van der Waals surface area contributed by atoms with Gasteiger partial charge in [0.1, 0.15) is 6.10 Å². The van der Waals surface area contributed by atoms with Crippen molar-refractivity contribution in [2.24, 2.45) is 0 Å². The highest BCUT2D eigenvalue weighted by Gasteiger charge is 2.42. The molecule has 0 spiro atoms. The van der Waals surface area contributed by atoms with Gasteiger partial charge in [-0.15, -0.1) is 0 Å². The van der Waals surface area contributed by atoms with Gasteiger partial charge in [-0.2, -0.15) is 0 Å². The summed E-state index contributed by atoms with van der Waals surface area (Å²) in [5.74, 6) is -0.589. The second kappa shape index (κ2) is 2.80. The van der Waals surface area contributed by atoms with Gasteiger partial charge in [0.05, 0.1) is 6.10 Å². The molecule has 1 aliphatic carbocycles. The van der Waals surface area contributed by atoms with Crippen molar-refractivity contribution in [2.45, 2.75) is 31.3 Å². The Morgan fingerprint density at radius 1 is 1.31 bits per heavy atom. The SMILES string of the molecule is O=C1OC(O)C2=C1CCC(O)C2O. The van der Waals surface area contributed by atoms with Crippen molar-refractivity contribution < 1.29 is 24.9 Å². The smallest absolute Gasteiger partial charge is 0.336 e. The zero-order valence-electron chi connectivity index (χ0n) is 6.80. The molecule has 1 heterocycles. The van der Waals surface area contributed by atoms with Crippen LogP contribution in [0, 0.1) is 0 Å². The van der Waals surface area contributed by atoms with E-state index in [1.807, 2.05) is 0 Å². The Morgan fingerprint density at radius 2 is 2.00 bits per heavy atom. The fourth-order valence-electron chi connectivity index (χ4n) is 1.73. The Kier molecular flexibility index (Phi) is 1.87. The van der Waals surface area contributed by atoms with Crippen molar-refractivity contribution in [3.63, 3.8) is 0 Å². The molecule has 0 aromatic rings. The number of aliphatic hydroxyl groups excluding tert-OH is 3. The minimum absolute atomic E-state index is 0.128. The molecule has 0 amide bonds. The molecule has 0 radical (unpaired) electrons. The van der Waals surface area contributed by atoms with Crippen molar-refractivity contribution in [3.8, 4) is 0 Å². The van der Waals surface area contributed by atoms with Crippen molar-refractivity contribution in [1.82, 2.24) is 0 Å². The maximum absolute atomic E-state index is 11.0. The minimum atomic E-state index is -1.38. The molecule has 0 saturated carbocycles. The zero-order chi connectivity index (χ0) is 9.59. The van der Waals surface area contributed by atoms with Gasteiger partial charge in [-0.25, -0.2) is 4.79 Å². The van der Waals surface area contributed by atoms with Gasteiger partial charge in [0, 0.05) is 11.1 Å². The first kappa shape index (κ1) is 8.68.